The summed E-state index contributed by atoms with van der Waals surface area (Å²) in [7, 11) is 0. The number of carbonyl (C=O) groups excluding carboxylic acids is 1. The molecular weight excluding hydrogens is 462 g/mol. The van der Waals surface area contributed by atoms with Gasteiger partial charge in [0, 0.05) is 10.4 Å². The molecule has 0 aliphatic rings. The summed E-state index contributed by atoms with van der Waals surface area (Å²) in [6.45, 7) is 9.71. The second-order valence-corrected chi connectivity index (χ2v) is 9.66. The highest BCUT2D eigenvalue weighted by atomic mass is 79.9. The van der Waals surface area contributed by atoms with Crippen LogP contribution in [-0.2, 0) is 9.53 Å². The zero-order valence-electron chi connectivity index (χ0n) is 18.8. The molecule has 0 aromatic heterocycles. The van der Waals surface area contributed by atoms with Gasteiger partial charge >= 0.3 is 5.97 Å². The largest absolute Gasteiger partial charge is 0.459 e. The van der Waals surface area contributed by atoms with Crippen LogP contribution >= 0.6 is 15.9 Å². The number of hydrogen-bond donors (Lipinski definition) is 1. The Morgan fingerprint density at radius 2 is 1.44 bits per heavy atom. The van der Waals surface area contributed by atoms with Crippen molar-refractivity contribution < 1.29 is 9.53 Å². The summed E-state index contributed by atoms with van der Waals surface area (Å²) in [6, 6.07) is 27.4. The van der Waals surface area contributed by atoms with E-state index in [1.54, 1.807) is 0 Å². The molecule has 0 saturated carbocycles. The Balaban J connectivity index is 2.06. The van der Waals surface area contributed by atoms with Crippen molar-refractivity contribution in [2.24, 2.45) is 0 Å². The van der Waals surface area contributed by atoms with Crippen molar-refractivity contribution in [3.8, 4) is 0 Å². The molecule has 0 radical (unpaired) electrons. The summed E-state index contributed by atoms with van der Waals surface area (Å²) >= 11 is 3.55. The van der Waals surface area contributed by atoms with Crippen LogP contribution in [0, 0.1) is 0 Å². The number of nitrogens with one attached hydrogen (secondary N) is 1. The lowest BCUT2D eigenvalue weighted by Crippen LogP contribution is -2.46. The first-order valence-corrected chi connectivity index (χ1v) is 11.5. The molecule has 3 nitrogen and oxygen atoms in total. The van der Waals surface area contributed by atoms with E-state index in [0.717, 1.165) is 21.2 Å². The molecule has 0 bridgehead atoms. The van der Waals surface area contributed by atoms with E-state index in [1.165, 1.54) is 0 Å². The Kier molecular flexibility index (Phi) is 8.05. The van der Waals surface area contributed by atoms with E-state index in [1.807, 2.05) is 87.5 Å². The van der Waals surface area contributed by atoms with Crippen molar-refractivity contribution in [2.75, 3.05) is 0 Å². The fourth-order valence-corrected chi connectivity index (χ4v) is 4.13. The normalized spacial score (nSPS) is 13.4. The van der Waals surface area contributed by atoms with Gasteiger partial charge in [0.05, 0.1) is 6.04 Å². The molecule has 3 rings (SSSR count). The summed E-state index contributed by atoms with van der Waals surface area (Å²) in [5.74, 6) is -0.587. The van der Waals surface area contributed by atoms with Crippen molar-refractivity contribution in [3.05, 3.63) is 119 Å². The van der Waals surface area contributed by atoms with E-state index in [4.69, 9.17) is 4.74 Å². The van der Waals surface area contributed by atoms with Crippen LogP contribution < -0.4 is 5.32 Å². The second kappa shape index (κ2) is 10.8. The van der Waals surface area contributed by atoms with E-state index < -0.39 is 11.6 Å². The van der Waals surface area contributed by atoms with Crippen LogP contribution in [0.4, 0.5) is 0 Å². The number of benzene rings is 3. The van der Waals surface area contributed by atoms with Crippen molar-refractivity contribution in [1.29, 1.82) is 0 Å². The molecular formula is C28H30BrNO2. The van der Waals surface area contributed by atoms with Crippen LogP contribution in [0.1, 0.15) is 49.4 Å². The standard InChI is InChI=1S/C28H30BrNO2/c1-5-24(22-17-12-18-23(29)19-22)26(27(31)32-28(2,3)4)30-25(20-13-8-6-9-14-20)21-15-10-7-11-16-21/h5-19,24-26,30H,1H2,2-4H3/t24-,26+/m1/s1. The lowest BCUT2D eigenvalue weighted by atomic mass is 9.89. The fraction of sp³-hybridized carbons (Fsp3) is 0.250. The number of carbonyl (C=O) groups is 1. The third-order valence-electron chi connectivity index (χ3n) is 5.12. The number of ether oxygens (including phenoxy) is 1. The summed E-state index contributed by atoms with van der Waals surface area (Å²) < 4.78 is 6.80. The summed E-state index contributed by atoms with van der Waals surface area (Å²) in [5, 5.41) is 3.62. The smallest absolute Gasteiger partial charge is 0.324 e. The average molecular weight is 492 g/mol. The highest BCUT2D eigenvalue weighted by molar-refractivity contribution is 9.10. The third-order valence-corrected chi connectivity index (χ3v) is 5.61. The lowest BCUT2D eigenvalue weighted by molar-refractivity contribution is -0.158. The van der Waals surface area contributed by atoms with Crippen LogP contribution in [-0.4, -0.2) is 17.6 Å². The summed E-state index contributed by atoms with van der Waals surface area (Å²) in [6.07, 6.45) is 1.82. The minimum Gasteiger partial charge on any atom is -0.459 e. The van der Waals surface area contributed by atoms with Crippen molar-refractivity contribution >= 4 is 21.9 Å². The van der Waals surface area contributed by atoms with Crippen molar-refractivity contribution in [2.45, 2.75) is 44.4 Å². The van der Waals surface area contributed by atoms with E-state index in [-0.39, 0.29) is 17.9 Å². The highest BCUT2D eigenvalue weighted by Crippen LogP contribution is 2.30. The first-order chi connectivity index (χ1) is 15.3. The summed E-state index contributed by atoms with van der Waals surface area (Å²) in [5.41, 5.74) is 2.53. The third kappa shape index (κ3) is 6.41. The Hall–Kier alpha value is -2.69. The Morgan fingerprint density at radius 3 is 1.91 bits per heavy atom. The van der Waals surface area contributed by atoms with Gasteiger partial charge < -0.3 is 4.74 Å². The maximum Gasteiger partial charge on any atom is 0.324 e. The number of halogens is 1. The fourth-order valence-electron chi connectivity index (χ4n) is 3.72. The summed E-state index contributed by atoms with van der Waals surface area (Å²) in [4.78, 5) is 13.5. The molecule has 2 atom stereocenters. The maximum atomic E-state index is 13.5. The minimum atomic E-state index is -0.633. The molecule has 0 amide bonds. The minimum absolute atomic E-state index is 0.190. The van der Waals surface area contributed by atoms with Crippen LogP contribution in [0.5, 0.6) is 0 Å². The predicted molar refractivity (Wildman–Crippen MR) is 135 cm³/mol. The van der Waals surface area contributed by atoms with Gasteiger partial charge in [-0.05, 0) is 49.6 Å². The van der Waals surface area contributed by atoms with E-state index >= 15 is 0 Å². The second-order valence-electron chi connectivity index (χ2n) is 8.75. The zero-order chi connectivity index (χ0) is 23.1. The van der Waals surface area contributed by atoms with Gasteiger partial charge in [-0.15, -0.1) is 6.58 Å². The molecule has 0 fully saturated rings. The lowest BCUT2D eigenvalue weighted by Gasteiger charge is -2.32. The molecule has 3 aromatic carbocycles. The van der Waals surface area contributed by atoms with Crippen molar-refractivity contribution in [3.63, 3.8) is 0 Å². The molecule has 32 heavy (non-hydrogen) atoms. The molecule has 0 spiro atoms. The van der Waals surface area contributed by atoms with Gasteiger partial charge in [-0.25, -0.2) is 0 Å². The van der Waals surface area contributed by atoms with Gasteiger partial charge in [-0.3, -0.25) is 10.1 Å². The van der Waals surface area contributed by atoms with Gasteiger partial charge in [-0.1, -0.05) is 94.8 Å². The topological polar surface area (TPSA) is 38.3 Å². The number of rotatable bonds is 8. The SMILES string of the molecule is C=C[C@H](c1cccc(Br)c1)[C@H](NC(c1ccccc1)c1ccccc1)C(=O)OC(C)(C)C. The van der Waals surface area contributed by atoms with E-state index in [0.29, 0.717) is 0 Å². The monoisotopic (exact) mass is 491 g/mol. The van der Waals surface area contributed by atoms with Gasteiger partial charge in [0.15, 0.2) is 0 Å². The van der Waals surface area contributed by atoms with Gasteiger partial charge in [-0.2, -0.15) is 0 Å². The Labute approximate surface area is 199 Å². The molecule has 0 saturated heterocycles. The van der Waals surface area contributed by atoms with Gasteiger partial charge in [0.25, 0.3) is 0 Å². The van der Waals surface area contributed by atoms with Crippen LogP contribution in [0.2, 0.25) is 0 Å². The van der Waals surface area contributed by atoms with E-state index in [2.05, 4.69) is 52.1 Å². The molecule has 4 heteroatoms. The highest BCUT2D eigenvalue weighted by Gasteiger charge is 2.34. The molecule has 3 aromatic rings. The Morgan fingerprint density at radius 1 is 0.906 bits per heavy atom. The Bertz CT molecular complexity index is 989. The number of hydrogen-bond acceptors (Lipinski definition) is 3. The van der Waals surface area contributed by atoms with E-state index in [9.17, 15) is 4.79 Å². The van der Waals surface area contributed by atoms with Crippen molar-refractivity contribution in [1.82, 2.24) is 5.32 Å². The zero-order valence-corrected chi connectivity index (χ0v) is 20.4. The molecule has 0 heterocycles. The van der Waals surface area contributed by atoms with Crippen LogP contribution in [0.25, 0.3) is 0 Å². The number of esters is 1. The van der Waals surface area contributed by atoms with Crippen LogP contribution in [0.3, 0.4) is 0 Å². The van der Waals surface area contributed by atoms with Gasteiger partial charge in [0.1, 0.15) is 11.6 Å². The first kappa shape index (κ1) is 24.0. The quantitative estimate of drug-likeness (QED) is 0.277. The predicted octanol–water partition coefficient (Wildman–Crippen LogP) is 6.81. The molecule has 0 aliphatic heterocycles. The molecule has 166 valence electrons. The first-order valence-electron chi connectivity index (χ1n) is 10.8. The molecule has 1 N–H and O–H groups in total. The average Bonchev–Trinajstić information content (AvgIpc) is 2.76. The van der Waals surface area contributed by atoms with Crippen LogP contribution in [0.15, 0.2) is 102 Å². The van der Waals surface area contributed by atoms with Gasteiger partial charge in [0.2, 0.25) is 0 Å². The molecule has 0 aliphatic carbocycles. The maximum absolute atomic E-state index is 13.5. The molecule has 0 unspecified atom stereocenters.